The molecular formula is C14H26O2. The maximum absolute atomic E-state index is 7.54. The summed E-state index contributed by atoms with van der Waals surface area (Å²) in [5.41, 5.74) is 1.02. The molecule has 2 unspecified atom stereocenters. The van der Waals surface area contributed by atoms with Crippen molar-refractivity contribution in [2.45, 2.75) is 58.6 Å². The molecule has 0 aromatic carbocycles. The molecule has 0 amide bonds. The maximum Gasteiger partial charge on any atom is 0.157 e. The highest BCUT2D eigenvalue weighted by molar-refractivity contribution is 4.92. The fourth-order valence-corrected chi connectivity index (χ4v) is 1.77. The first-order valence-electron chi connectivity index (χ1n) is 7.00. The minimum Gasteiger partial charge on any atom is -0.353 e. The summed E-state index contributed by atoms with van der Waals surface area (Å²) < 4.78 is 18.8. The van der Waals surface area contributed by atoms with Crippen LogP contribution in [0.4, 0.5) is 0 Å². The quantitative estimate of drug-likeness (QED) is 0.614. The number of rotatable bonds is 7. The summed E-state index contributed by atoms with van der Waals surface area (Å²) in [4.78, 5) is 0. The lowest BCUT2D eigenvalue weighted by molar-refractivity contribution is -0.168. The van der Waals surface area contributed by atoms with Crippen LogP contribution in [-0.2, 0) is 9.47 Å². The monoisotopic (exact) mass is 227 g/mol. The summed E-state index contributed by atoms with van der Waals surface area (Å²) in [5, 5.41) is 0. The van der Waals surface area contributed by atoms with Gasteiger partial charge in [-0.15, -0.1) is 0 Å². The lowest BCUT2D eigenvalue weighted by atomic mass is 10.0. The van der Waals surface area contributed by atoms with E-state index in [-0.39, 0.29) is 12.7 Å². The summed E-state index contributed by atoms with van der Waals surface area (Å²) in [5.74, 6) is 0.510. The standard InChI is InChI=1S/C14H26O2/c1-4-12(2)8-9-13(3)11-16-14-7-5-6-10-15-14/h13-14H,2,4-11H2,1,3H3/t13-,14?/m1/s1/i4D/t4?,13-,14?. The van der Waals surface area contributed by atoms with E-state index in [0.29, 0.717) is 5.92 Å². The third-order valence-corrected chi connectivity index (χ3v) is 3.07. The predicted molar refractivity (Wildman–Crippen MR) is 67.4 cm³/mol. The molecule has 1 aliphatic heterocycles. The Morgan fingerprint density at radius 3 is 3.06 bits per heavy atom. The average molecular weight is 227 g/mol. The number of hydrogen-bond acceptors (Lipinski definition) is 2. The van der Waals surface area contributed by atoms with Gasteiger partial charge in [-0.25, -0.2) is 0 Å². The second-order valence-corrected chi connectivity index (χ2v) is 4.72. The lowest BCUT2D eigenvalue weighted by Crippen LogP contribution is -2.24. The van der Waals surface area contributed by atoms with E-state index in [2.05, 4.69) is 13.5 Å². The zero-order valence-electron chi connectivity index (χ0n) is 11.7. The third kappa shape index (κ3) is 5.66. The van der Waals surface area contributed by atoms with Crippen LogP contribution in [0.2, 0.25) is 0 Å². The van der Waals surface area contributed by atoms with Crippen LogP contribution in [0.5, 0.6) is 0 Å². The average Bonchev–Trinajstić information content (AvgIpc) is 2.34. The van der Waals surface area contributed by atoms with E-state index in [4.69, 9.17) is 10.8 Å². The molecule has 3 atom stereocenters. The summed E-state index contributed by atoms with van der Waals surface area (Å²) in [7, 11) is 0. The molecule has 1 heterocycles. The van der Waals surface area contributed by atoms with E-state index in [9.17, 15) is 0 Å². The third-order valence-electron chi connectivity index (χ3n) is 3.07. The van der Waals surface area contributed by atoms with Gasteiger partial charge < -0.3 is 9.47 Å². The Morgan fingerprint density at radius 1 is 1.62 bits per heavy atom. The van der Waals surface area contributed by atoms with Crippen molar-refractivity contribution in [3.63, 3.8) is 0 Å². The highest BCUT2D eigenvalue weighted by atomic mass is 16.7. The van der Waals surface area contributed by atoms with Crippen LogP contribution in [0.15, 0.2) is 12.2 Å². The summed E-state index contributed by atoms with van der Waals surface area (Å²) in [6.45, 7) is 9.58. The van der Waals surface area contributed by atoms with Gasteiger partial charge in [0.25, 0.3) is 0 Å². The topological polar surface area (TPSA) is 18.5 Å². The van der Waals surface area contributed by atoms with Crippen molar-refractivity contribution in [1.82, 2.24) is 0 Å². The van der Waals surface area contributed by atoms with Crippen molar-refractivity contribution < 1.29 is 10.8 Å². The van der Waals surface area contributed by atoms with Gasteiger partial charge in [0.15, 0.2) is 6.29 Å². The van der Waals surface area contributed by atoms with Gasteiger partial charge in [0, 0.05) is 7.98 Å². The zero-order chi connectivity index (χ0) is 12.7. The molecule has 0 spiro atoms. The van der Waals surface area contributed by atoms with Crippen LogP contribution in [0.3, 0.4) is 0 Å². The SMILES string of the molecule is [2H]C(C)C(=C)CC[C@@H](C)COC1CCCCO1. The Kier molecular flexibility index (Phi) is 5.95. The predicted octanol–water partition coefficient (Wildman–Crippen LogP) is 3.91. The lowest BCUT2D eigenvalue weighted by Gasteiger charge is -2.24. The molecule has 0 aliphatic carbocycles. The Morgan fingerprint density at radius 2 is 2.44 bits per heavy atom. The molecule has 0 saturated carbocycles. The Bertz CT molecular complexity index is 222. The van der Waals surface area contributed by atoms with Crippen LogP contribution in [0.1, 0.15) is 53.7 Å². The van der Waals surface area contributed by atoms with Gasteiger partial charge in [-0.1, -0.05) is 26.0 Å². The van der Waals surface area contributed by atoms with Gasteiger partial charge in [0.1, 0.15) is 0 Å². The van der Waals surface area contributed by atoms with Crippen molar-refractivity contribution in [3.05, 3.63) is 12.2 Å². The first-order valence-corrected chi connectivity index (χ1v) is 6.42. The largest absolute Gasteiger partial charge is 0.353 e. The van der Waals surface area contributed by atoms with E-state index in [1.807, 2.05) is 6.92 Å². The highest BCUT2D eigenvalue weighted by Gasteiger charge is 2.15. The van der Waals surface area contributed by atoms with E-state index >= 15 is 0 Å². The van der Waals surface area contributed by atoms with Crippen molar-refractivity contribution >= 4 is 0 Å². The summed E-state index contributed by atoms with van der Waals surface area (Å²) in [6, 6.07) is 0. The molecule has 0 bridgehead atoms. The molecule has 2 nitrogen and oxygen atoms in total. The van der Waals surface area contributed by atoms with Gasteiger partial charge in [0.05, 0.1) is 6.61 Å². The van der Waals surface area contributed by atoms with Crippen molar-refractivity contribution in [2.75, 3.05) is 13.2 Å². The fraction of sp³-hybridized carbons (Fsp3) is 0.857. The minimum atomic E-state index is -0.148. The molecule has 1 fully saturated rings. The zero-order valence-corrected chi connectivity index (χ0v) is 10.7. The van der Waals surface area contributed by atoms with E-state index < -0.39 is 0 Å². The molecular weight excluding hydrogens is 200 g/mol. The summed E-state index contributed by atoms with van der Waals surface area (Å²) >= 11 is 0. The smallest absolute Gasteiger partial charge is 0.157 e. The summed E-state index contributed by atoms with van der Waals surface area (Å²) in [6.07, 6.45) is 5.26. The van der Waals surface area contributed by atoms with E-state index in [1.165, 1.54) is 6.42 Å². The molecule has 0 radical (unpaired) electrons. The van der Waals surface area contributed by atoms with Gasteiger partial charge >= 0.3 is 0 Å². The highest BCUT2D eigenvalue weighted by Crippen LogP contribution is 2.17. The molecule has 16 heavy (non-hydrogen) atoms. The Labute approximate surface area is 101 Å². The minimum absolute atomic E-state index is 0.0181. The van der Waals surface area contributed by atoms with E-state index in [0.717, 1.165) is 44.5 Å². The Hall–Kier alpha value is -0.340. The number of allylic oxidation sites excluding steroid dienone is 1. The Balaban J connectivity index is 2.07. The number of ether oxygens (including phenoxy) is 2. The first-order chi connectivity index (χ1) is 8.09. The van der Waals surface area contributed by atoms with Gasteiger partial charge in [-0.05, 0) is 44.4 Å². The van der Waals surface area contributed by atoms with Gasteiger partial charge in [0.2, 0.25) is 0 Å². The van der Waals surface area contributed by atoms with Crippen LogP contribution in [0, 0.1) is 5.92 Å². The van der Waals surface area contributed by atoms with Crippen molar-refractivity contribution in [3.8, 4) is 0 Å². The second kappa shape index (κ2) is 7.86. The first kappa shape index (κ1) is 12.1. The molecule has 1 saturated heterocycles. The molecule has 0 aromatic rings. The van der Waals surface area contributed by atoms with Crippen molar-refractivity contribution in [1.29, 1.82) is 0 Å². The molecule has 2 heteroatoms. The molecule has 1 aliphatic rings. The van der Waals surface area contributed by atoms with Crippen LogP contribution < -0.4 is 0 Å². The molecule has 0 aromatic heterocycles. The fourth-order valence-electron chi connectivity index (χ4n) is 1.77. The van der Waals surface area contributed by atoms with Gasteiger partial charge in [-0.2, -0.15) is 0 Å². The number of hydrogen-bond donors (Lipinski definition) is 0. The van der Waals surface area contributed by atoms with E-state index in [1.54, 1.807) is 0 Å². The van der Waals surface area contributed by atoms with Gasteiger partial charge in [-0.3, -0.25) is 0 Å². The van der Waals surface area contributed by atoms with Crippen LogP contribution in [-0.4, -0.2) is 19.5 Å². The molecule has 1 rings (SSSR count). The van der Waals surface area contributed by atoms with Crippen LogP contribution in [0.25, 0.3) is 0 Å². The normalized spacial score (nSPS) is 25.9. The second-order valence-electron chi connectivity index (χ2n) is 4.72. The maximum atomic E-state index is 7.54. The molecule has 94 valence electrons. The van der Waals surface area contributed by atoms with Crippen molar-refractivity contribution in [2.24, 2.45) is 5.92 Å². The molecule has 0 N–H and O–H groups in total. The van der Waals surface area contributed by atoms with Crippen LogP contribution >= 0.6 is 0 Å².